The van der Waals surface area contributed by atoms with Gasteiger partial charge in [0.15, 0.2) is 0 Å². The molecule has 3 rings (SSSR count). The largest absolute Gasteiger partial charge is 0.462 e. The lowest BCUT2D eigenvalue weighted by Crippen LogP contribution is -2.16. The minimum Gasteiger partial charge on any atom is -0.462 e. The minimum atomic E-state index is -0.339. The van der Waals surface area contributed by atoms with Crippen LogP contribution in [-0.2, 0) is 9.53 Å². The SMILES string of the molecule is CCOC(=O)c1ccc(NC2=CC(c3ccc(Cl)cc3)CC(=O)C2)cc1. The van der Waals surface area contributed by atoms with E-state index in [1.807, 2.05) is 36.4 Å². The Kier molecular flexibility index (Phi) is 5.74. The molecule has 0 aromatic heterocycles. The second kappa shape index (κ2) is 8.19. The number of hydrogen-bond donors (Lipinski definition) is 1. The molecule has 0 heterocycles. The molecule has 2 aromatic carbocycles. The number of rotatable bonds is 5. The Morgan fingerprint density at radius 2 is 1.85 bits per heavy atom. The topological polar surface area (TPSA) is 55.4 Å². The van der Waals surface area contributed by atoms with Crippen LogP contribution < -0.4 is 5.32 Å². The van der Waals surface area contributed by atoms with Gasteiger partial charge in [0.05, 0.1) is 12.2 Å². The van der Waals surface area contributed by atoms with Crippen molar-refractivity contribution in [2.24, 2.45) is 0 Å². The van der Waals surface area contributed by atoms with Gasteiger partial charge in [-0.3, -0.25) is 4.79 Å². The number of carbonyl (C=O) groups is 2. The van der Waals surface area contributed by atoms with Crippen molar-refractivity contribution in [1.29, 1.82) is 0 Å². The van der Waals surface area contributed by atoms with Crippen LogP contribution in [0.2, 0.25) is 5.02 Å². The molecule has 0 saturated heterocycles. The number of Topliss-reactive ketones (excluding diaryl/α,β-unsaturated/α-hetero) is 1. The van der Waals surface area contributed by atoms with Crippen molar-refractivity contribution in [2.45, 2.75) is 25.7 Å². The van der Waals surface area contributed by atoms with Crippen molar-refractivity contribution < 1.29 is 14.3 Å². The van der Waals surface area contributed by atoms with Gasteiger partial charge in [-0.2, -0.15) is 0 Å². The van der Waals surface area contributed by atoms with Crippen LogP contribution in [-0.4, -0.2) is 18.4 Å². The van der Waals surface area contributed by atoms with E-state index in [1.165, 1.54) is 0 Å². The van der Waals surface area contributed by atoms with E-state index in [9.17, 15) is 9.59 Å². The highest BCUT2D eigenvalue weighted by Gasteiger charge is 2.21. The normalized spacial score (nSPS) is 16.8. The number of allylic oxidation sites excluding steroid dienone is 2. The smallest absolute Gasteiger partial charge is 0.338 e. The Hall–Kier alpha value is -2.59. The van der Waals surface area contributed by atoms with E-state index >= 15 is 0 Å². The molecular formula is C21H20ClNO3. The molecule has 26 heavy (non-hydrogen) atoms. The van der Waals surface area contributed by atoms with Crippen LogP contribution in [0.15, 0.2) is 60.3 Å². The van der Waals surface area contributed by atoms with Crippen molar-refractivity contribution >= 4 is 29.0 Å². The molecule has 0 aliphatic heterocycles. The fraction of sp³-hybridized carbons (Fsp3) is 0.238. The van der Waals surface area contributed by atoms with E-state index < -0.39 is 0 Å². The van der Waals surface area contributed by atoms with E-state index in [4.69, 9.17) is 16.3 Å². The zero-order chi connectivity index (χ0) is 18.5. The van der Waals surface area contributed by atoms with Gasteiger partial charge < -0.3 is 10.1 Å². The molecule has 0 spiro atoms. The third-order valence-corrected chi connectivity index (χ3v) is 4.49. The first-order chi connectivity index (χ1) is 12.5. The number of benzene rings is 2. The number of esters is 1. The third-order valence-electron chi connectivity index (χ3n) is 4.24. The maximum atomic E-state index is 12.2. The van der Waals surface area contributed by atoms with Crippen LogP contribution in [0, 0.1) is 0 Å². The molecule has 0 saturated carbocycles. The van der Waals surface area contributed by atoms with Gasteiger partial charge >= 0.3 is 5.97 Å². The van der Waals surface area contributed by atoms with E-state index in [0.717, 1.165) is 16.9 Å². The summed E-state index contributed by atoms with van der Waals surface area (Å²) in [5.41, 5.74) is 3.27. The molecular weight excluding hydrogens is 350 g/mol. The first-order valence-corrected chi connectivity index (χ1v) is 8.95. The predicted molar refractivity (Wildman–Crippen MR) is 103 cm³/mol. The van der Waals surface area contributed by atoms with E-state index in [2.05, 4.69) is 11.4 Å². The number of ketones is 1. The summed E-state index contributed by atoms with van der Waals surface area (Å²) < 4.78 is 4.98. The first kappa shape index (κ1) is 18.2. The van der Waals surface area contributed by atoms with Gasteiger partial charge in [-0.05, 0) is 48.9 Å². The summed E-state index contributed by atoms with van der Waals surface area (Å²) in [5, 5.41) is 3.96. The van der Waals surface area contributed by atoms with Crippen LogP contribution in [0.25, 0.3) is 0 Å². The first-order valence-electron chi connectivity index (χ1n) is 8.57. The van der Waals surface area contributed by atoms with Crippen molar-refractivity contribution in [3.63, 3.8) is 0 Å². The molecule has 0 fully saturated rings. The second-order valence-electron chi connectivity index (χ2n) is 6.19. The molecule has 2 aromatic rings. The third kappa shape index (κ3) is 4.52. The second-order valence-corrected chi connectivity index (χ2v) is 6.63. The Labute approximate surface area is 157 Å². The lowest BCUT2D eigenvalue weighted by atomic mass is 9.87. The zero-order valence-corrected chi connectivity index (χ0v) is 15.3. The molecule has 0 amide bonds. The molecule has 1 aliphatic carbocycles. The average molecular weight is 370 g/mol. The number of anilines is 1. The number of carbonyl (C=O) groups excluding carboxylic acids is 2. The van der Waals surface area contributed by atoms with E-state index in [-0.39, 0.29) is 17.7 Å². The van der Waals surface area contributed by atoms with Gasteiger partial charge in [0.25, 0.3) is 0 Å². The quantitative estimate of drug-likeness (QED) is 0.757. The van der Waals surface area contributed by atoms with Crippen LogP contribution >= 0.6 is 11.6 Å². The number of ether oxygens (including phenoxy) is 1. The van der Waals surface area contributed by atoms with E-state index in [0.29, 0.717) is 30.0 Å². The van der Waals surface area contributed by atoms with Crippen molar-refractivity contribution in [1.82, 2.24) is 0 Å². The minimum absolute atomic E-state index is 0.0369. The highest BCUT2D eigenvalue weighted by atomic mass is 35.5. The van der Waals surface area contributed by atoms with Crippen molar-refractivity contribution in [2.75, 3.05) is 11.9 Å². The molecule has 0 radical (unpaired) electrons. The molecule has 1 atom stereocenters. The summed E-state index contributed by atoms with van der Waals surface area (Å²) in [4.78, 5) is 23.9. The molecule has 5 heteroatoms. The van der Waals surface area contributed by atoms with Crippen molar-refractivity contribution in [3.8, 4) is 0 Å². The summed E-state index contributed by atoms with van der Waals surface area (Å²) in [7, 11) is 0. The van der Waals surface area contributed by atoms with Gasteiger partial charge in [0, 0.05) is 35.2 Å². The standard InChI is InChI=1S/C21H20ClNO3/c1-2-26-21(25)15-5-9-18(10-6-15)23-19-11-16(12-20(24)13-19)14-3-7-17(22)8-4-14/h3-11,16,23H,2,12-13H2,1H3. The number of nitrogens with one attached hydrogen (secondary N) is 1. The fourth-order valence-electron chi connectivity index (χ4n) is 2.99. The molecule has 4 nitrogen and oxygen atoms in total. The number of halogens is 1. The van der Waals surface area contributed by atoms with Gasteiger partial charge in [0.2, 0.25) is 0 Å². The summed E-state index contributed by atoms with van der Waals surface area (Å²) in [6, 6.07) is 14.6. The molecule has 1 aliphatic rings. The van der Waals surface area contributed by atoms with Gasteiger partial charge in [-0.25, -0.2) is 4.79 Å². The Morgan fingerprint density at radius 3 is 2.50 bits per heavy atom. The monoisotopic (exact) mass is 369 g/mol. The Balaban J connectivity index is 1.74. The maximum Gasteiger partial charge on any atom is 0.338 e. The van der Waals surface area contributed by atoms with Crippen LogP contribution in [0.5, 0.6) is 0 Å². The van der Waals surface area contributed by atoms with Gasteiger partial charge in [0.1, 0.15) is 5.78 Å². The summed E-state index contributed by atoms with van der Waals surface area (Å²) >= 11 is 5.94. The van der Waals surface area contributed by atoms with Gasteiger partial charge in [-0.1, -0.05) is 29.8 Å². The fourth-order valence-corrected chi connectivity index (χ4v) is 3.12. The van der Waals surface area contributed by atoms with E-state index in [1.54, 1.807) is 19.1 Å². The molecule has 1 N–H and O–H groups in total. The Morgan fingerprint density at radius 1 is 1.15 bits per heavy atom. The highest BCUT2D eigenvalue weighted by molar-refractivity contribution is 6.30. The van der Waals surface area contributed by atoms with Crippen LogP contribution in [0.1, 0.15) is 41.6 Å². The molecule has 134 valence electrons. The summed E-state index contributed by atoms with van der Waals surface area (Å²) in [6.07, 6.45) is 2.96. The van der Waals surface area contributed by atoms with Gasteiger partial charge in [-0.15, -0.1) is 0 Å². The highest BCUT2D eigenvalue weighted by Crippen LogP contribution is 2.30. The van der Waals surface area contributed by atoms with Crippen LogP contribution in [0.4, 0.5) is 5.69 Å². The molecule has 0 bridgehead atoms. The van der Waals surface area contributed by atoms with Crippen molar-refractivity contribution in [3.05, 3.63) is 76.5 Å². The number of hydrogen-bond acceptors (Lipinski definition) is 4. The summed E-state index contributed by atoms with van der Waals surface area (Å²) in [6.45, 7) is 2.12. The maximum absolute atomic E-state index is 12.2. The Bertz CT molecular complexity index is 825. The lowest BCUT2D eigenvalue weighted by molar-refractivity contribution is -0.118. The molecule has 1 unspecified atom stereocenters. The average Bonchev–Trinajstić information content (AvgIpc) is 2.62. The lowest BCUT2D eigenvalue weighted by Gasteiger charge is -2.22. The predicted octanol–water partition coefficient (Wildman–Crippen LogP) is 4.96. The zero-order valence-electron chi connectivity index (χ0n) is 14.5. The van der Waals surface area contributed by atoms with Crippen LogP contribution in [0.3, 0.4) is 0 Å². The summed E-state index contributed by atoms with van der Waals surface area (Å²) in [5.74, 6) is -0.109.